The molecule has 3 aromatic rings. The van der Waals surface area contributed by atoms with Gasteiger partial charge in [0.2, 0.25) is 0 Å². The Kier molecular flexibility index (Phi) is 6.77. The Bertz CT molecular complexity index is 1310. The largest absolute Gasteiger partial charge is 0.492 e. The van der Waals surface area contributed by atoms with Crippen LogP contribution in [0.3, 0.4) is 0 Å². The highest BCUT2D eigenvalue weighted by atomic mass is 19.1. The molecule has 2 atom stereocenters. The van der Waals surface area contributed by atoms with E-state index in [2.05, 4.69) is 6.07 Å². The zero-order valence-electron chi connectivity index (χ0n) is 20.0. The molecule has 2 aliphatic rings. The predicted molar refractivity (Wildman–Crippen MR) is 130 cm³/mol. The number of rotatable bonds is 8. The first kappa shape index (κ1) is 23.7. The number of nitriles is 1. The molecule has 7 heteroatoms. The highest BCUT2D eigenvalue weighted by Crippen LogP contribution is 2.44. The number of ether oxygens (including phenoxy) is 4. The van der Waals surface area contributed by atoms with Crippen molar-refractivity contribution in [3.8, 4) is 29.1 Å². The first-order valence-corrected chi connectivity index (χ1v) is 12.0. The van der Waals surface area contributed by atoms with Gasteiger partial charge in [-0.15, -0.1) is 0 Å². The second-order valence-electron chi connectivity index (χ2n) is 8.97. The molecule has 0 radical (unpaired) electrons. The topological polar surface area (TPSA) is 77.8 Å². The first-order valence-electron chi connectivity index (χ1n) is 12.0. The van der Waals surface area contributed by atoms with Gasteiger partial charge >= 0.3 is 5.97 Å². The molecule has 1 unspecified atom stereocenters. The van der Waals surface area contributed by atoms with Crippen LogP contribution >= 0.6 is 0 Å². The second kappa shape index (κ2) is 10.3. The zero-order chi connectivity index (χ0) is 25.1. The Morgan fingerprint density at radius 2 is 1.94 bits per heavy atom. The summed E-state index contributed by atoms with van der Waals surface area (Å²) in [6, 6.07) is 18.4. The van der Waals surface area contributed by atoms with Gasteiger partial charge in [0, 0.05) is 35.1 Å². The van der Waals surface area contributed by atoms with Gasteiger partial charge in [0.1, 0.15) is 34.9 Å². The van der Waals surface area contributed by atoms with Crippen molar-refractivity contribution in [1.82, 2.24) is 0 Å². The van der Waals surface area contributed by atoms with E-state index in [1.54, 1.807) is 12.1 Å². The second-order valence-corrected chi connectivity index (χ2v) is 8.97. The SMILES string of the molecule is COC(=O)CC1COc2cc(O[C@@H]3CCc4c(Oc5ccc(CCC#N)cc5)ccc(F)c43)ccc21. The third-order valence-corrected chi connectivity index (χ3v) is 6.70. The zero-order valence-corrected chi connectivity index (χ0v) is 20.0. The molecule has 36 heavy (non-hydrogen) atoms. The Hall–Kier alpha value is -4.05. The number of methoxy groups -OCH3 is 1. The van der Waals surface area contributed by atoms with Crippen molar-refractivity contribution in [2.24, 2.45) is 0 Å². The van der Waals surface area contributed by atoms with E-state index in [4.69, 9.17) is 24.2 Å². The average molecular weight is 488 g/mol. The van der Waals surface area contributed by atoms with Crippen LogP contribution in [0.2, 0.25) is 0 Å². The molecule has 0 saturated carbocycles. The summed E-state index contributed by atoms with van der Waals surface area (Å²) in [4.78, 5) is 11.7. The van der Waals surface area contributed by atoms with Gasteiger partial charge in [-0.1, -0.05) is 18.2 Å². The fourth-order valence-electron chi connectivity index (χ4n) is 4.85. The van der Waals surface area contributed by atoms with Gasteiger partial charge in [0.25, 0.3) is 0 Å². The number of halogens is 1. The van der Waals surface area contributed by atoms with Gasteiger partial charge in [-0.05, 0) is 55.2 Å². The standard InChI is InChI=1S/C29H26FNO5/c1-33-28(32)15-19-17-34-27-16-21(8-9-22(19)27)36-26-12-10-23-25(13-11-24(30)29(23)26)35-20-6-4-18(5-7-20)3-2-14-31/h4-9,11,13,16,19,26H,2-3,10,12,15,17H2,1H3/t19?,26-/m1/s1. The van der Waals surface area contributed by atoms with Crippen molar-refractivity contribution >= 4 is 5.97 Å². The lowest BCUT2D eigenvalue weighted by atomic mass is 9.98. The lowest BCUT2D eigenvalue weighted by Gasteiger charge is -2.17. The van der Waals surface area contributed by atoms with E-state index in [1.807, 2.05) is 36.4 Å². The Labute approximate surface area is 209 Å². The molecule has 3 aromatic carbocycles. The Morgan fingerprint density at radius 3 is 2.72 bits per heavy atom. The minimum atomic E-state index is -0.442. The molecular formula is C29H26FNO5. The normalized spacial score (nSPS) is 17.5. The van der Waals surface area contributed by atoms with Crippen molar-refractivity contribution in [1.29, 1.82) is 5.26 Å². The van der Waals surface area contributed by atoms with Crippen molar-refractivity contribution in [3.05, 3.63) is 82.7 Å². The number of hydrogen-bond acceptors (Lipinski definition) is 6. The number of aryl methyl sites for hydroxylation is 1. The quantitative estimate of drug-likeness (QED) is 0.353. The molecule has 0 fully saturated rings. The van der Waals surface area contributed by atoms with E-state index in [-0.39, 0.29) is 24.1 Å². The molecule has 1 aliphatic carbocycles. The van der Waals surface area contributed by atoms with Crippen LogP contribution in [0.4, 0.5) is 4.39 Å². The number of benzene rings is 3. The van der Waals surface area contributed by atoms with Crippen LogP contribution in [-0.2, 0) is 22.4 Å². The monoisotopic (exact) mass is 487 g/mol. The number of hydrogen-bond donors (Lipinski definition) is 0. The van der Waals surface area contributed by atoms with Gasteiger partial charge in [0.05, 0.1) is 26.2 Å². The van der Waals surface area contributed by atoms with E-state index in [1.165, 1.54) is 13.2 Å². The fraction of sp³-hybridized carbons (Fsp3) is 0.310. The van der Waals surface area contributed by atoms with Crippen LogP contribution in [-0.4, -0.2) is 19.7 Å². The van der Waals surface area contributed by atoms with Crippen molar-refractivity contribution < 1.29 is 28.1 Å². The average Bonchev–Trinajstić information content (AvgIpc) is 3.50. The molecule has 0 saturated heterocycles. The van der Waals surface area contributed by atoms with E-state index in [0.29, 0.717) is 60.9 Å². The molecule has 0 spiro atoms. The van der Waals surface area contributed by atoms with E-state index in [9.17, 15) is 9.18 Å². The van der Waals surface area contributed by atoms with E-state index < -0.39 is 6.10 Å². The lowest BCUT2D eigenvalue weighted by Crippen LogP contribution is -2.09. The van der Waals surface area contributed by atoms with Crippen LogP contribution in [0.1, 0.15) is 53.5 Å². The highest BCUT2D eigenvalue weighted by molar-refractivity contribution is 5.71. The third kappa shape index (κ3) is 4.85. The Balaban J connectivity index is 1.31. The molecule has 5 rings (SSSR count). The van der Waals surface area contributed by atoms with Crippen LogP contribution in [0.15, 0.2) is 54.6 Å². The number of carbonyl (C=O) groups excluding carboxylic acids is 1. The fourth-order valence-corrected chi connectivity index (χ4v) is 4.85. The molecule has 0 N–H and O–H groups in total. The van der Waals surface area contributed by atoms with Crippen LogP contribution in [0, 0.1) is 17.1 Å². The number of nitrogens with zero attached hydrogens (tertiary/aromatic N) is 1. The van der Waals surface area contributed by atoms with Crippen LogP contribution in [0.25, 0.3) is 0 Å². The van der Waals surface area contributed by atoms with Gasteiger partial charge in [-0.25, -0.2) is 4.39 Å². The summed E-state index contributed by atoms with van der Waals surface area (Å²) < 4.78 is 37.8. The van der Waals surface area contributed by atoms with Crippen molar-refractivity contribution in [2.45, 2.75) is 44.1 Å². The maximum Gasteiger partial charge on any atom is 0.306 e. The smallest absolute Gasteiger partial charge is 0.306 e. The summed E-state index contributed by atoms with van der Waals surface area (Å²) in [5.74, 6) is 1.90. The summed E-state index contributed by atoms with van der Waals surface area (Å²) in [6.45, 7) is 0.411. The third-order valence-electron chi connectivity index (χ3n) is 6.70. The van der Waals surface area contributed by atoms with Crippen LogP contribution < -0.4 is 14.2 Å². The maximum absolute atomic E-state index is 14.9. The summed E-state index contributed by atoms with van der Waals surface area (Å²) in [5, 5.41) is 8.75. The molecule has 1 aliphatic heterocycles. The number of fused-ring (bicyclic) bond motifs is 2. The van der Waals surface area contributed by atoms with Gasteiger partial charge in [-0.2, -0.15) is 5.26 Å². The molecular weight excluding hydrogens is 461 g/mol. The minimum absolute atomic E-state index is 0.0498. The van der Waals surface area contributed by atoms with E-state index >= 15 is 0 Å². The van der Waals surface area contributed by atoms with Crippen molar-refractivity contribution in [3.63, 3.8) is 0 Å². The van der Waals surface area contributed by atoms with Gasteiger partial charge in [-0.3, -0.25) is 4.79 Å². The first-order chi connectivity index (χ1) is 17.6. The maximum atomic E-state index is 14.9. The molecule has 0 bridgehead atoms. The molecule has 6 nitrogen and oxygen atoms in total. The predicted octanol–water partition coefficient (Wildman–Crippen LogP) is 6.18. The molecule has 0 amide bonds. The van der Waals surface area contributed by atoms with E-state index in [0.717, 1.165) is 16.7 Å². The number of carbonyl (C=O) groups is 1. The molecule has 184 valence electrons. The summed E-state index contributed by atoms with van der Waals surface area (Å²) in [5.41, 5.74) is 3.34. The summed E-state index contributed by atoms with van der Waals surface area (Å²) in [6.07, 6.45) is 2.25. The summed E-state index contributed by atoms with van der Waals surface area (Å²) >= 11 is 0. The lowest BCUT2D eigenvalue weighted by molar-refractivity contribution is -0.141. The van der Waals surface area contributed by atoms with Crippen molar-refractivity contribution in [2.75, 3.05) is 13.7 Å². The Morgan fingerprint density at radius 1 is 1.14 bits per heavy atom. The summed E-state index contributed by atoms with van der Waals surface area (Å²) in [7, 11) is 1.37. The highest BCUT2D eigenvalue weighted by Gasteiger charge is 2.32. The van der Waals surface area contributed by atoms with Gasteiger partial charge in [0.15, 0.2) is 0 Å². The minimum Gasteiger partial charge on any atom is -0.492 e. The van der Waals surface area contributed by atoms with Gasteiger partial charge < -0.3 is 18.9 Å². The van der Waals surface area contributed by atoms with Crippen LogP contribution in [0.5, 0.6) is 23.0 Å². The molecule has 1 heterocycles. The number of esters is 1. The molecule has 0 aromatic heterocycles.